The van der Waals surface area contributed by atoms with Crippen molar-refractivity contribution in [3.05, 3.63) is 30.0 Å². The van der Waals surface area contributed by atoms with Crippen molar-refractivity contribution in [2.24, 2.45) is 5.16 Å². The molecular weight excluding hydrogens is 260 g/mol. The number of hydrogen-bond donors (Lipinski definition) is 3. The van der Waals surface area contributed by atoms with Gasteiger partial charge < -0.3 is 20.0 Å². The number of fused-ring (bicyclic) bond motifs is 1. The quantitative estimate of drug-likeness (QED) is 0.444. The zero-order chi connectivity index (χ0) is 14.7. The summed E-state index contributed by atoms with van der Waals surface area (Å²) in [6.45, 7) is 1.85. The van der Waals surface area contributed by atoms with E-state index in [9.17, 15) is 4.79 Å². The lowest BCUT2D eigenvalue weighted by Crippen LogP contribution is -2.21. The number of nitrogens with one attached hydrogen (secondary N) is 1. The molecule has 1 aromatic heterocycles. The third-order valence-corrected chi connectivity index (χ3v) is 3.36. The highest BCUT2D eigenvalue weighted by Gasteiger charge is 2.26. The zero-order valence-corrected chi connectivity index (χ0v) is 11.3. The van der Waals surface area contributed by atoms with Gasteiger partial charge in [0, 0.05) is 23.0 Å². The zero-order valence-electron chi connectivity index (χ0n) is 11.3. The van der Waals surface area contributed by atoms with Crippen LogP contribution in [0.4, 0.5) is 0 Å². The summed E-state index contributed by atoms with van der Waals surface area (Å²) in [5.41, 5.74) is 1.38. The molecule has 20 heavy (non-hydrogen) atoms. The first-order valence-electron chi connectivity index (χ1n) is 6.22. The van der Waals surface area contributed by atoms with E-state index >= 15 is 0 Å². The van der Waals surface area contributed by atoms with Gasteiger partial charge >= 0.3 is 5.97 Å². The van der Waals surface area contributed by atoms with Crippen molar-refractivity contribution in [3.63, 3.8) is 0 Å². The normalized spacial score (nSPS) is 13.4. The van der Waals surface area contributed by atoms with E-state index in [0.29, 0.717) is 12.2 Å². The number of H-pyrrole nitrogens is 1. The maximum Gasteiger partial charge on any atom is 0.354 e. The smallest absolute Gasteiger partial charge is 0.354 e. The minimum Gasteiger partial charge on any atom is -0.497 e. The molecule has 0 saturated heterocycles. The summed E-state index contributed by atoms with van der Waals surface area (Å²) in [6, 6.07) is 5.52. The predicted octanol–water partition coefficient (Wildman–Crippen LogP) is 2.58. The second-order valence-electron chi connectivity index (χ2n) is 4.41. The maximum atomic E-state index is 11.2. The molecule has 2 aromatic rings. The van der Waals surface area contributed by atoms with E-state index in [-0.39, 0.29) is 5.71 Å². The van der Waals surface area contributed by atoms with Gasteiger partial charge in [0.05, 0.1) is 7.11 Å². The van der Waals surface area contributed by atoms with Crippen LogP contribution in [0.1, 0.15) is 24.8 Å². The number of ether oxygens (including phenoxy) is 1. The molecule has 6 heteroatoms. The minimum atomic E-state index is -1.23. The van der Waals surface area contributed by atoms with Crippen LogP contribution in [0.15, 0.2) is 29.6 Å². The first-order chi connectivity index (χ1) is 9.62. The Morgan fingerprint density at radius 3 is 2.80 bits per heavy atom. The Hall–Kier alpha value is -2.50. The van der Waals surface area contributed by atoms with Crippen molar-refractivity contribution in [3.8, 4) is 5.75 Å². The summed E-state index contributed by atoms with van der Waals surface area (Å²) in [4.78, 5) is 14.2. The van der Waals surface area contributed by atoms with E-state index in [0.717, 1.165) is 16.5 Å². The monoisotopic (exact) mass is 276 g/mol. The van der Waals surface area contributed by atoms with E-state index in [4.69, 9.17) is 15.1 Å². The van der Waals surface area contributed by atoms with Crippen molar-refractivity contribution in [1.82, 2.24) is 4.98 Å². The van der Waals surface area contributed by atoms with Gasteiger partial charge in [0.15, 0.2) is 5.71 Å². The number of aromatic amines is 1. The summed E-state index contributed by atoms with van der Waals surface area (Å²) in [7, 11) is 1.57. The number of benzene rings is 1. The fourth-order valence-electron chi connectivity index (χ4n) is 2.36. The summed E-state index contributed by atoms with van der Waals surface area (Å²) in [6.07, 6.45) is 2.25. The van der Waals surface area contributed by atoms with Gasteiger partial charge in [0.2, 0.25) is 0 Å². The largest absolute Gasteiger partial charge is 0.497 e. The number of rotatable bonds is 5. The molecule has 0 aliphatic carbocycles. The lowest BCUT2D eigenvalue weighted by molar-refractivity contribution is -0.129. The van der Waals surface area contributed by atoms with Crippen LogP contribution in [-0.2, 0) is 4.79 Å². The maximum absolute atomic E-state index is 11.2. The first kappa shape index (κ1) is 13.9. The second-order valence-corrected chi connectivity index (χ2v) is 4.41. The Kier molecular flexibility index (Phi) is 3.93. The van der Waals surface area contributed by atoms with Crippen LogP contribution in [0.25, 0.3) is 10.9 Å². The van der Waals surface area contributed by atoms with Crippen molar-refractivity contribution in [2.45, 2.75) is 19.3 Å². The number of aliphatic carboxylic acids is 1. The third kappa shape index (κ3) is 2.32. The number of carboxylic acid groups (broad SMARTS) is 1. The third-order valence-electron chi connectivity index (χ3n) is 3.36. The Labute approximate surface area is 115 Å². The topological polar surface area (TPSA) is 94.9 Å². The molecule has 106 valence electrons. The molecule has 1 aromatic carbocycles. The van der Waals surface area contributed by atoms with Crippen LogP contribution in [0, 0.1) is 0 Å². The summed E-state index contributed by atoms with van der Waals surface area (Å²) < 4.78 is 5.18. The van der Waals surface area contributed by atoms with E-state index in [2.05, 4.69) is 10.1 Å². The Morgan fingerprint density at radius 1 is 1.50 bits per heavy atom. The molecule has 3 N–H and O–H groups in total. The van der Waals surface area contributed by atoms with Gasteiger partial charge in [0.1, 0.15) is 5.75 Å². The second kappa shape index (κ2) is 5.64. The van der Waals surface area contributed by atoms with Gasteiger partial charge in [-0.3, -0.25) is 0 Å². The fraction of sp³-hybridized carbons (Fsp3) is 0.286. The lowest BCUT2D eigenvalue weighted by atomic mass is 9.91. The molecule has 0 amide bonds. The van der Waals surface area contributed by atoms with Crippen LogP contribution in [0.2, 0.25) is 0 Å². The Bertz CT molecular complexity index is 660. The molecule has 0 aliphatic heterocycles. The van der Waals surface area contributed by atoms with Crippen molar-refractivity contribution < 1.29 is 19.8 Å². The van der Waals surface area contributed by atoms with Crippen molar-refractivity contribution >= 4 is 22.6 Å². The molecule has 0 radical (unpaired) electrons. The predicted molar refractivity (Wildman–Crippen MR) is 74.7 cm³/mol. The van der Waals surface area contributed by atoms with E-state index in [1.807, 2.05) is 25.1 Å². The van der Waals surface area contributed by atoms with Crippen molar-refractivity contribution in [2.75, 3.05) is 7.11 Å². The van der Waals surface area contributed by atoms with Gasteiger partial charge in [-0.1, -0.05) is 12.1 Å². The summed E-state index contributed by atoms with van der Waals surface area (Å²) in [5, 5.41) is 21.9. The molecule has 6 nitrogen and oxygen atoms in total. The van der Waals surface area contributed by atoms with Gasteiger partial charge in [-0.25, -0.2) is 4.79 Å². The number of aromatic nitrogens is 1. The molecular formula is C14H16N2O4. The summed E-state index contributed by atoms with van der Waals surface area (Å²) >= 11 is 0. The van der Waals surface area contributed by atoms with E-state index in [1.54, 1.807) is 13.3 Å². The standard InChI is InChI=1S/C14H16N2O4/c1-3-9(13(16-19)14(17)18)11-7-15-12-5-4-8(20-2)6-10(11)12/h4-7,9,15,19H,3H2,1-2H3,(H,17,18). The minimum absolute atomic E-state index is 0.267. The highest BCUT2D eigenvalue weighted by atomic mass is 16.5. The molecule has 0 bridgehead atoms. The molecule has 1 unspecified atom stereocenters. The number of carboxylic acids is 1. The number of oxime groups is 1. The van der Waals surface area contributed by atoms with Gasteiger partial charge in [-0.2, -0.15) is 0 Å². The molecule has 0 saturated carbocycles. The highest BCUT2D eigenvalue weighted by Crippen LogP contribution is 2.31. The molecule has 0 fully saturated rings. The number of carbonyl (C=O) groups is 1. The van der Waals surface area contributed by atoms with Crippen LogP contribution in [0.3, 0.4) is 0 Å². The van der Waals surface area contributed by atoms with Crippen LogP contribution in [0.5, 0.6) is 5.75 Å². The molecule has 2 rings (SSSR count). The Balaban J connectivity index is 2.57. The summed E-state index contributed by atoms with van der Waals surface area (Å²) in [5.74, 6) is -1.03. The molecule has 0 aliphatic rings. The van der Waals surface area contributed by atoms with Gasteiger partial charge in [-0.05, 0) is 30.2 Å². The lowest BCUT2D eigenvalue weighted by Gasteiger charge is -2.13. The van der Waals surface area contributed by atoms with Gasteiger partial charge in [0.25, 0.3) is 0 Å². The van der Waals surface area contributed by atoms with Crippen LogP contribution in [-0.4, -0.2) is 34.1 Å². The number of methoxy groups -OCH3 is 1. The molecule has 1 heterocycles. The van der Waals surface area contributed by atoms with E-state index in [1.165, 1.54) is 0 Å². The average Bonchev–Trinajstić information content (AvgIpc) is 2.86. The molecule has 0 spiro atoms. The van der Waals surface area contributed by atoms with E-state index < -0.39 is 11.9 Å². The first-order valence-corrected chi connectivity index (χ1v) is 6.22. The van der Waals surface area contributed by atoms with Crippen molar-refractivity contribution in [1.29, 1.82) is 0 Å². The van der Waals surface area contributed by atoms with Gasteiger partial charge in [-0.15, -0.1) is 0 Å². The Morgan fingerprint density at radius 2 is 2.25 bits per heavy atom. The molecule has 1 atom stereocenters. The average molecular weight is 276 g/mol. The fourth-order valence-corrected chi connectivity index (χ4v) is 2.36. The number of hydrogen-bond acceptors (Lipinski definition) is 4. The van der Waals surface area contributed by atoms with Crippen LogP contribution < -0.4 is 4.74 Å². The number of nitrogens with zero attached hydrogens (tertiary/aromatic N) is 1. The SMILES string of the molecule is CCC(C(=NO)C(=O)O)c1c[nH]c2ccc(OC)cc12. The van der Waals surface area contributed by atoms with Crippen LogP contribution >= 0.6 is 0 Å². The highest BCUT2D eigenvalue weighted by molar-refractivity contribution is 6.37.